The fraction of sp³-hybridized carbons (Fsp3) is 0.250. The number of amides is 1. The first kappa shape index (κ1) is 21.3. The molecule has 10 heteroatoms. The Morgan fingerprint density at radius 1 is 1.10 bits per heavy atom. The molecule has 30 heavy (non-hydrogen) atoms. The number of nitrogens with zero attached hydrogens (tertiary/aromatic N) is 2. The van der Waals surface area contributed by atoms with Gasteiger partial charge in [-0.3, -0.25) is 10.1 Å². The average Bonchev–Trinajstić information content (AvgIpc) is 3.20. The molecule has 0 spiro atoms. The molecule has 0 saturated carbocycles. The predicted molar refractivity (Wildman–Crippen MR) is 109 cm³/mol. The van der Waals surface area contributed by atoms with Gasteiger partial charge >= 0.3 is 6.01 Å². The van der Waals surface area contributed by atoms with Crippen molar-refractivity contribution in [1.29, 1.82) is 0 Å². The van der Waals surface area contributed by atoms with Crippen LogP contribution in [0.15, 0.2) is 57.8 Å². The van der Waals surface area contributed by atoms with Crippen molar-refractivity contribution >= 4 is 21.8 Å². The molecule has 3 aromatic rings. The standard InChI is InChI=1S/C20H21N3O6S/c1-13(2)30(25,26)17-9-7-14(8-10-17)19-22-23-20(29-19)21-18(24)12-28-16-6-4-5-15(11-16)27-3/h4-11,13H,12H2,1-3H3,(H,21,23,24). The quantitative estimate of drug-likeness (QED) is 0.578. The van der Waals surface area contributed by atoms with Crippen LogP contribution < -0.4 is 14.8 Å². The lowest BCUT2D eigenvalue weighted by Gasteiger charge is -2.07. The van der Waals surface area contributed by atoms with Gasteiger partial charge in [0.15, 0.2) is 16.4 Å². The number of ether oxygens (including phenoxy) is 2. The molecule has 1 N–H and O–H groups in total. The van der Waals surface area contributed by atoms with E-state index in [1.54, 1.807) is 50.2 Å². The first-order valence-electron chi connectivity index (χ1n) is 9.04. The summed E-state index contributed by atoms with van der Waals surface area (Å²) in [6.45, 7) is 2.98. The number of carbonyl (C=O) groups is 1. The van der Waals surface area contributed by atoms with Gasteiger partial charge in [0.1, 0.15) is 11.5 Å². The van der Waals surface area contributed by atoms with Crippen molar-refractivity contribution in [2.75, 3.05) is 19.0 Å². The number of sulfone groups is 1. The highest BCUT2D eigenvalue weighted by atomic mass is 32.2. The Labute approximate surface area is 174 Å². The van der Waals surface area contributed by atoms with Crippen LogP contribution in [-0.4, -0.2) is 43.5 Å². The molecule has 0 bridgehead atoms. The second-order valence-electron chi connectivity index (χ2n) is 6.55. The van der Waals surface area contributed by atoms with Gasteiger partial charge in [0, 0.05) is 11.6 Å². The van der Waals surface area contributed by atoms with Crippen molar-refractivity contribution in [3.05, 3.63) is 48.5 Å². The zero-order valence-corrected chi connectivity index (χ0v) is 17.5. The third-order valence-electron chi connectivity index (χ3n) is 4.13. The molecule has 0 unspecified atom stereocenters. The maximum absolute atomic E-state index is 12.2. The zero-order chi connectivity index (χ0) is 21.7. The van der Waals surface area contributed by atoms with Crippen LogP contribution >= 0.6 is 0 Å². The molecule has 0 atom stereocenters. The van der Waals surface area contributed by atoms with Gasteiger partial charge in [-0.2, -0.15) is 0 Å². The fourth-order valence-corrected chi connectivity index (χ4v) is 3.50. The van der Waals surface area contributed by atoms with Crippen LogP contribution in [0.2, 0.25) is 0 Å². The molecule has 0 fully saturated rings. The van der Waals surface area contributed by atoms with Gasteiger partial charge in [-0.15, -0.1) is 5.10 Å². The normalized spacial score (nSPS) is 11.3. The molecule has 158 valence electrons. The average molecular weight is 431 g/mol. The molecule has 1 heterocycles. The smallest absolute Gasteiger partial charge is 0.322 e. The minimum absolute atomic E-state index is 0.0943. The van der Waals surface area contributed by atoms with Crippen LogP contribution in [0, 0.1) is 0 Å². The molecular formula is C20H21N3O6S. The molecule has 9 nitrogen and oxygen atoms in total. The first-order chi connectivity index (χ1) is 14.3. The Balaban J connectivity index is 1.61. The van der Waals surface area contributed by atoms with E-state index in [1.807, 2.05) is 0 Å². The van der Waals surface area contributed by atoms with E-state index in [1.165, 1.54) is 19.2 Å². The molecule has 0 aliphatic carbocycles. The van der Waals surface area contributed by atoms with E-state index in [0.29, 0.717) is 17.1 Å². The van der Waals surface area contributed by atoms with Crippen LogP contribution in [0.1, 0.15) is 13.8 Å². The summed E-state index contributed by atoms with van der Waals surface area (Å²) < 4.78 is 40.3. The number of benzene rings is 2. The third-order valence-corrected chi connectivity index (χ3v) is 6.30. The molecule has 0 aliphatic rings. The maximum Gasteiger partial charge on any atom is 0.322 e. The summed E-state index contributed by atoms with van der Waals surface area (Å²) >= 11 is 0. The van der Waals surface area contributed by atoms with Gasteiger partial charge in [-0.25, -0.2) is 8.42 Å². The summed E-state index contributed by atoms with van der Waals surface area (Å²) in [6.07, 6.45) is 0. The summed E-state index contributed by atoms with van der Waals surface area (Å²) in [5.41, 5.74) is 0.526. The van der Waals surface area contributed by atoms with E-state index < -0.39 is 21.0 Å². The van der Waals surface area contributed by atoms with Crippen molar-refractivity contribution in [3.63, 3.8) is 0 Å². The van der Waals surface area contributed by atoms with Gasteiger partial charge in [0.05, 0.1) is 17.3 Å². The van der Waals surface area contributed by atoms with Crippen molar-refractivity contribution in [2.24, 2.45) is 0 Å². The highest BCUT2D eigenvalue weighted by molar-refractivity contribution is 7.92. The minimum Gasteiger partial charge on any atom is -0.497 e. The number of aromatic nitrogens is 2. The van der Waals surface area contributed by atoms with Crippen LogP contribution in [0.5, 0.6) is 11.5 Å². The van der Waals surface area contributed by atoms with E-state index in [-0.39, 0.29) is 23.4 Å². The van der Waals surface area contributed by atoms with E-state index in [2.05, 4.69) is 15.5 Å². The Kier molecular flexibility index (Phi) is 6.36. The molecule has 0 radical (unpaired) electrons. The van der Waals surface area contributed by atoms with Crippen LogP contribution in [0.4, 0.5) is 6.01 Å². The van der Waals surface area contributed by atoms with Crippen LogP contribution in [-0.2, 0) is 14.6 Å². The zero-order valence-electron chi connectivity index (χ0n) is 16.7. The second kappa shape index (κ2) is 8.95. The number of hydrogen-bond acceptors (Lipinski definition) is 8. The van der Waals surface area contributed by atoms with Crippen molar-refractivity contribution < 1.29 is 27.1 Å². The van der Waals surface area contributed by atoms with Crippen molar-refractivity contribution in [1.82, 2.24) is 10.2 Å². The molecule has 0 saturated heterocycles. The van der Waals surface area contributed by atoms with E-state index in [0.717, 1.165) is 0 Å². The predicted octanol–water partition coefficient (Wildman–Crippen LogP) is 2.94. The Bertz CT molecular complexity index is 1120. The van der Waals surface area contributed by atoms with Gasteiger partial charge in [-0.1, -0.05) is 11.2 Å². The number of carbonyl (C=O) groups excluding carboxylic acids is 1. The summed E-state index contributed by atoms with van der Waals surface area (Å²) in [7, 11) is -1.83. The topological polar surface area (TPSA) is 121 Å². The van der Waals surface area contributed by atoms with E-state index in [9.17, 15) is 13.2 Å². The third kappa shape index (κ3) is 4.95. The van der Waals surface area contributed by atoms with Crippen LogP contribution in [0.3, 0.4) is 0 Å². The number of methoxy groups -OCH3 is 1. The Hall–Kier alpha value is -3.40. The lowest BCUT2D eigenvalue weighted by molar-refractivity contribution is -0.118. The number of hydrogen-bond donors (Lipinski definition) is 1. The highest BCUT2D eigenvalue weighted by Crippen LogP contribution is 2.23. The van der Waals surface area contributed by atoms with Gasteiger partial charge in [0.25, 0.3) is 5.91 Å². The fourth-order valence-electron chi connectivity index (χ4n) is 2.44. The molecular weight excluding hydrogens is 410 g/mol. The molecule has 1 amide bonds. The molecule has 2 aromatic carbocycles. The summed E-state index contributed by atoms with van der Waals surface area (Å²) in [5.74, 6) is 0.757. The van der Waals surface area contributed by atoms with Gasteiger partial charge in [-0.05, 0) is 50.2 Å². The lowest BCUT2D eigenvalue weighted by Crippen LogP contribution is -2.20. The highest BCUT2D eigenvalue weighted by Gasteiger charge is 2.19. The van der Waals surface area contributed by atoms with Crippen molar-refractivity contribution in [2.45, 2.75) is 24.0 Å². The Morgan fingerprint density at radius 3 is 2.47 bits per heavy atom. The number of nitrogens with one attached hydrogen (secondary N) is 1. The molecule has 3 rings (SSSR count). The van der Waals surface area contributed by atoms with E-state index in [4.69, 9.17) is 13.9 Å². The maximum atomic E-state index is 12.2. The first-order valence-corrected chi connectivity index (χ1v) is 10.6. The van der Waals surface area contributed by atoms with Crippen molar-refractivity contribution in [3.8, 4) is 23.0 Å². The largest absolute Gasteiger partial charge is 0.497 e. The summed E-state index contributed by atoms with van der Waals surface area (Å²) in [6, 6.07) is 12.9. The van der Waals surface area contributed by atoms with E-state index >= 15 is 0 Å². The molecule has 0 aliphatic heterocycles. The van der Waals surface area contributed by atoms with Gasteiger partial charge < -0.3 is 13.9 Å². The Morgan fingerprint density at radius 2 is 1.80 bits per heavy atom. The minimum atomic E-state index is -3.37. The second-order valence-corrected chi connectivity index (χ2v) is 9.05. The monoisotopic (exact) mass is 431 g/mol. The lowest BCUT2D eigenvalue weighted by atomic mass is 10.2. The number of rotatable bonds is 8. The summed E-state index contributed by atoms with van der Waals surface area (Å²) in [4.78, 5) is 12.3. The summed E-state index contributed by atoms with van der Waals surface area (Å²) in [5, 5.41) is 9.57. The molecule has 1 aromatic heterocycles. The SMILES string of the molecule is COc1cccc(OCC(=O)Nc2nnc(-c3ccc(S(=O)(=O)C(C)C)cc3)o2)c1. The van der Waals surface area contributed by atoms with Crippen LogP contribution in [0.25, 0.3) is 11.5 Å². The number of anilines is 1. The van der Waals surface area contributed by atoms with Gasteiger partial charge in [0.2, 0.25) is 5.89 Å².